The molecule has 23 heavy (non-hydrogen) atoms. The first-order valence-corrected chi connectivity index (χ1v) is 9.49. The molecule has 0 radical (unpaired) electrons. The molecule has 0 amide bonds. The maximum atomic E-state index is 11.5. The summed E-state index contributed by atoms with van der Waals surface area (Å²) in [6.45, 7) is 2.31. The minimum atomic E-state index is -3.92. The number of hydrogen-bond acceptors (Lipinski definition) is 9. The molecule has 1 fully saturated rings. The van der Waals surface area contributed by atoms with Crippen molar-refractivity contribution in [1.29, 1.82) is 0 Å². The molecule has 0 aromatic carbocycles. The van der Waals surface area contributed by atoms with E-state index in [2.05, 4.69) is 15.9 Å². The molecule has 0 aromatic rings. The smallest absolute Gasteiger partial charge is 0.303 e. The normalized spacial score (nSPS) is 31.4. The molecule has 11 heteroatoms. The van der Waals surface area contributed by atoms with Crippen LogP contribution < -0.4 is 0 Å². The Kier molecular flexibility index (Phi) is 7.39. The maximum Gasteiger partial charge on any atom is 0.303 e. The number of halogens is 1. The van der Waals surface area contributed by atoms with Crippen LogP contribution >= 0.6 is 15.9 Å². The van der Waals surface area contributed by atoms with Crippen molar-refractivity contribution in [2.45, 2.75) is 44.6 Å². The van der Waals surface area contributed by atoms with Gasteiger partial charge in [-0.15, -0.1) is 0 Å². The highest BCUT2D eigenvalue weighted by atomic mass is 79.9. The minimum Gasteiger partial charge on any atom is -0.456 e. The first kappa shape index (κ1) is 20.3. The molecule has 134 valence electrons. The Morgan fingerprint density at radius 2 is 1.61 bits per heavy atom. The second kappa shape index (κ2) is 8.38. The molecule has 0 aliphatic carbocycles. The van der Waals surface area contributed by atoms with Crippen molar-refractivity contribution in [3.63, 3.8) is 0 Å². The van der Waals surface area contributed by atoms with Gasteiger partial charge >= 0.3 is 11.9 Å². The van der Waals surface area contributed by atoms with Crippen molar-refractivity contribution in [1.82, 2.24) is 0 Å². The highest BCUT2D eigenvalue weighted by Crippen LogP contribution is 2.30. The summed E-state index contributed by atoms with van der Waals surface area (Å²) in [7, 11) is -2.63. The largest absolute Gasteiger partial charge is 0.456 e. The van der Waals surface area contributed by atoms with Gasteiger partial charge in [-0.2, -0.15) is 8.42 Å². The zero-order valence-electron chi connectivity index (χ0n) is 13.1. The van der Waals surface area contributed by atoms with Gasteiger partial charge < -0.3 is 18.9 Å². The number of carbonyl (C=O) groups excluding carboxylic acids is 2. The lowest BCUT2D eigenvalue weighted by molar-refractivity contribution is -0.284. The summed E-state index contributed by atoms with van der Waals surface area (Å²) >= 11 is 3.20. The van der Waals surface area contributed by atoms with Crippen LogP contribution in [0.25, 0.3) is 0 Å². The van der Waals surface area contributed by atoms with Gasteiger partial charge in [-0.3, -0.25) is 13.8 Å². The second-order valence-electron chi connectivity index (χ2n) is 4.85. The topological polar surface area (TPSA) is 114 Å². The van der Waals surface area contributed by atoms with Gasteiger partial charge in [-0.25, -0.2) is 0 Å². The SMILES string of the molecule is COC1OC(CBr)C(OC(C)=O)C(OC(C)=O)C1OS(C)(=O)=O. The molecule has 9 nitrogen and oxygen atoms in total. The summed E-state index contributed by atoms with van der Waals surface area (Å²) in [6, 6.07) is 0. The number of esters is 2. The molecule has 1 aliphatic heterocycles. The van der Waals surface area contributed by atoms with E-state index in [9.17, 15) is 18.0 Å². The van der Waals surface area contributed by atoms with Crippen molar-refractivity contribution in [2.75, 3.05) is 18.7 Å². The molecular formula is C12H19BrO9S. The van der Waals surface area contributed by atoms with Gasteiger partial charge in [-0.1, -0.05) is 15.9 Å². The van der Waals surface area contributed by atoms with Crippen LogP contribution in [0, 0.1) is 0 Å². The van der Waals surface area contributed by atoms with E-state index in [0.29, 0.717) is 0 Å². The monoisotopic (exact) mass is 418 g/mol. The summed E-state index contributed by atoms with van der Waals surface area (Å²) in [5.74, 6) is -1.34. The number of ether oxygens (including phenoxy) is 4. The average molecular weight is 419 g/mol. The van der Waals surface area contributed by atoms with Gasteiger partial charge in [0.25, 0.3) is 10.1 Å². The second-order valence-corrected chi connectivity index (χ2v) is 7.09. The van der Waals surface area contributed by atoms with Crippen LogP contribution in [0.1, 0.15) is 13.8 Å². The fraction of sp³-hybridized carbons (Fsp3) is 0.833. The lowest BCUT2D eigenvalue weighted by Crippen LogP contribution is -2.62. The Balaban J connectivity index is 3.23. The molecule has 0 N–H and O–H groups in total. The number of rotatable bonds is 6. The molecule has 0 bridgehead atoms. The molecule has 1 aliphatic rings. The van der Waals surface area contributed by atoms with Crippen molar-refractivity contribution in [3.8, 4) is 0 Å². The van der Waals surface area contributed by atoms with Gasteiger partial charge in [0.2, 0.25) is 0 Å². The summed E-state index contributed by atoms with van der Waals surface area (Å²) in [5.41, 5.74) is 0. The Labute approximate surface area is 142 Å². The lowest BCUT2D eigenvalue weighted by atomic mass is 9.99. The molecule has 0 aromatic heterocycles. The highest BCUT2D eigenvalue weighted by Gasteiger charge is 2.51. The predicted molar refractivity (Wildman–Crippen MR) is 80.3 cm³/mol. The highest BCUT2D eigenvalue weighted by molar-refractivity contribution is 9.09. The standard InChI is InChI=1S/C12H19BrO9S/c1-6(14)19-9-8(5-13)21-12(18-3)11(22-23(4,16)17)10(9)20-7(2)15/h8-12H,5H2,1-4H3. The Hall–Kier alpha value is -0.750. The summed E-state index contributed by atoms with van der Waals surface area (Å²) in [4.78, 5) is 22.7. The molecule has 1 saturated heterocycles. The third-order valence-electron chi connectivity index (χ3n) is 2.87. The maximum absolute atomic E-state index is 11.5. The van der Waals surface area contributed by atoms with Crippen molar-refractivity contribution < 1.29 is 41.1 Å². The number of carbonyl (C=O) groups is 2. The third-order valence-corrected chi connectivity index (χ3v) is 4.08. The first-order valence-electron chi connectivity index (χ1n) is 6.56. The first-order chi connectivity index (χ1) is 10.6. The molecule has 0 spiro atoms. The predicted octanol–water partition coefficient (Wildman–Crippen LogP) is -0.0392. The quantitative estimate of drug-likeness (QED) is 0.332. The van der Waals surface area contributed by atoms with E-state index < -0.39 is 52.8 Å². The minimum absolute atomic E-state index is 0.230. The van der Waals surface area contributed by atoms with Gasteiger partial charge in [0.05, 0.1) is 6.26 Å². The van der Waals surface area contributed by atoms with Crippen LogP contribution in [-0.4, -0.2) is 69.8 Å². The number of alkyl halides is 1. The van der Waals surface area contributed by atoms with Gasteiger partial charge in [0.15, 0.2) is 24.6 Å². The van der Waals surface area contributed by atoms with Crippen molar-refractivity contribution in [3.05, 3.63) is 0 Å². The van der Waals surface area contributed by atoms with Crippen molar-refractivity contribution >= 4 is 38.0 Å². The fourth-order valence-electron chi connectivity index (χ4n) is 2.16. The zero-order chi connectivity index (χ0) is 17.8. The molecule has 0 saturated carbocycles. The lowest BCUT2D eigenvalue weighted by Gasteiger charge is -2.43. The van der Waals surface area contributed by atoms with E-state index >= 15 is 0 Å². The van der Waals surface area contributed by atoms with Gasteiger partial charge in [0, 0.05) is 26.3 Å². The summed E-state index contributed by atoms with van der Waals surface area (Å²) < 4.78 is 48.8. The average Bonchev–Trinajstić information content (AvgIpc) is 2.40. The molecular weight excluding hydrogens is 400 g/mol. The van der Waals surface area contributed by atoms with E-state index in [-0.39, 0.29) is 5.33 Å². The van der Waals surface area contributed by atoms with E-state index in [1.807, 2.05) is 0 Å². The zero-order valence-corrected chi connectivity index (χ0v) is 15.5. The molecule has 5 atom stereocenters. The summed E-state index contributed by atoms with van der Waals surface area (Å²) in [5, 5.41) is 0.230. The molecule has 5 unspecified atom stereocenters. The fourth-order valence-corrected chi connectivity index (χ4v) is 3.28. The van der Waals surface area contributed by atoms with Crippen LogP contribution in [0.5, 0.6) is 0 Å². The van der Waals surface area contributed by atoms with Crippen LogP contribution in [0.2, 0.25) is 0 Å². The van der Waals surface area contributed by atoms with Crippen molar-refractivity contribution in [2.24, 2.45) is 0 Å². The Morgan fingerprint density at radius 3 is 2.00 bits per heavy atom. The Morgan fingerprint density at radius 1 is 1.09 bits per heavy atom. The molecule has 1 rings (SSSR count). The third kappa shape index (κ3) is 5.99. The van der Waals surface area contributed by atoms with Crippen LogP contribution in [-0.2, 0) is 42.8 Å². The number of hydrogen-bond donors (Lipinski definition) is 0. The number of methoxy groups -OCH3 is 1. The van der Waals surface area contributed by atoms with Crippen LogP contribution in [0.3, 0.4) is 0 Å². The summed E-state index contributed by atoms with van der Waals surface area (Å²) in [6.07, 6.45) is -4.63. The molecule has 1 heterocycles. The van der Waals surface area contributed by atoms with Gasteiger partial charge in [0.1, 0.15) is 6.10 Å². The van der Waals surface area contributed by atoms with Gasteiger partial charge in [-0.05, 0) is 0 Å². The van der Waals surface area contributed by atoms with E-state index in [4.69, 9.17) is 23.1 Å². The van der Waals surface area contributed by atoms with E-state index in [1.165, 1.54) is 14.0 Å². The van der Waals surface area contributed by atoms with Crippen LogP contribution in [0.4, 0.5) is 0 Å². The van der Waals surface area contributed by atoms with E-state index in [1.54, 1.807) is 0 Å². The van der Waals surface area contributed by atoms with Crippen LogP contribution in [0.15, 0.2) is 0 Å². The Bertz CT molecular complexity index is 535. The van der Waals surface area contributed by atoms with E-state index in [0.717, 1.165) is 13.2 Å².